The minimum atomic E-state index is 0.135. The normalized spacial score (nSPS) is 10.2. The Morgan fingerprint density at radius 1 is 0.947 bits per heavy atom. The van der Waals surface area contributed by atoms with Gasteiger partial charge >= 0.3 is 0 Å². The average molecular weight is 297 g/mol. The van der Waals surface area contributed by atoms with Crippen LogP contribution in [0, 0.1) is 31.6 Å². The molecular weight excluding hydrogens is 278 g/mol. The second kappa shape index (κ2) is 6.81. The van der Waals surface area contributed by atoms with Crippen molar-refractivity contribution >= 4 is 35.6 Å². The van der Waals surface area contributed by atoms with Gasteiger partial charge in [0.2, 0.25) is 0 Å². The number of aromatic nitrogens is 1. The Labute approximate surface area is 124 Å². The molecule has 0 aliphatic heterocycles. The maximum atomic E-state index is 7.30. The van der Waals surface area contributed by atoms with Gasteiger partial charge in [0.1, 0.15) is 0 Å². The number of aryl methyl sites for hydroxylation is 2. The van der Waals surface area contributed by atoms with Crippen molar-refractivity contribution in [1.82, 2.24) is 15.6 Å². The van der Waals surface area contributed by atoms with E-state index in [9.17, 15) is 0 Å². The molecule has 5 nitrogen and oxygen atoms in total. The van der Waals surface area contributed by atoms with Crippen molar-refractivity contribution in [2.75, 3.05) is 0 Å². The molecule has 0 radical (unpaired) electrons. The summed E-state index contributed by atoms with van der Waals surface area (Å²) in [6.45, 7) is 6.99. The summed E-state index contributed by atoms with van der Waals surface area (Å²) in [6, 6.07) is 0. The van der Waals surface area contributed by atoms with Gasteiger partial charge in [-0.05, 0) is 37.5 Å². The molecule has 19 heavy (non-hydrogen) atoms. The van der Waals surface area contributed by atoms with E-state index in [4.69, 9.17) is 10.8 Å². The smallest absolute Gasteiger partial charge is 0.150 e. The van der Waals surface area contributed by atoms with Gasteiger partial charge in [0, 0.05) is 24.5 Å². The fourth-order valence-corrected chi connectivity index (χ4v) is 2.13. The number of thiol groups is 2. The van der Waals surface area contributed by atoms with Crippen molar-refractivity contribution in [2.45, 2.75) is 33.9 Å². The number of nitrogens with one attached hydrogen (secondary N) is 4. The van der Waals surface area contributed by atoms with Crippen LogP contribution in [0.2, 0.25) is 0 Å². The summed E-state index contributed by atoms with van der Waals surface area (Å²) in [7, 11) is 0. The fourth-order valence-electron chi connectivity index (χ4n) is 1.98. The second-order valence-electron chi connectivity index (χ2n) is 4.27. The lowest BCUT2D eigenvalue weighted by Crippen LogP contribution is -2.22. The van der Waals surface area contributed by atoms with Crippen molar-refractivity contribution in [2.24, 2.45) is 0 Å². The summed E-state index contributed by atoms with van der Waals surface area (Å²) >= 11 is 7.82. The molecule has 1 aromatic heterocycles. The van der Waals surface area contributed by atoms with Gasteiger partial charge < -0.3 is 10.6 Å². The van der Waals surface area contributed by atoms with Gasteiger partial charge in [-0.25, -0.2) is 0 Å². The van der Waals surface area contributed by atoms with Crippen molar-refractivity contribution in [1.29, 1.82) is 10.8 Å². The summed E-state index contributed by atoms with van der Waals surface area (Å²) in [6.07, 6.45) is 0. The van der Waals surface area contributed by atoms with Gasteiger partial charge in [0.15, 0.2) is 10.3 Å². The Morgan fingerprint density at radius 2 is 1.32 bits per heavy atom. The molecule has 0 atom stereocenters. The first-order valence-electron chi connectivity index (χ1n) is 5.81. The third kappa shape index (κ3) is 4.43. The van der Waals surface area contributed by atoms with E-state index in [1.165, 1.54) is 0 Å². The maximum Gasteiger partial charge on any atom is 0.150 e. The molecule has 7 heteroatoms. The monoisotopic (exact) mass is 297 g/mol. The molecule has 104 valence electrons. The Morgan fingerprint density at radius 3 is 1.63 bits per heavy atom. The first-order valence-corrected chi connectivity index (χ1v) is 6.70. The summed E-state index contributed by atoms with van der Waals surface area (Å²) in [5.41, 5.74) is 5.14. The Balaban J connectivity index is 3.07. The lowest BCUT2D eigenvalue weighted by Gasteiger charge is -2.17. The van der Waals surface area contributed by atoms with Gasteiger partial charge in [-0.1, -0.05) is 0 Å². The molecule has 0 aliphatic carbocycles. The third-order valence-electron chi connectivity index (χ3n) is 2.98. The van der Waals surface area contributed by atoms with Crippen LogP contribution in [0.3, 0.4) is 0 Å². The predicted molar refractivity (Wildman–Crippen MR) is 85.6 cm³/mol. The molecule has 0 saturated carbocycles. The molecule has 0 fully saturated rings. The number of pyridine rings is 1. The lowest BCUT2D eigenvalue weighted by atomic mass is 10.00. The average Bonchev–Trinajstić information content (AvgIpc) is 2.27. The fraction of sp³-hybridized carbons (Fsp3) is 0.417. The molecule has 0 bridgehead atoms. The van der Waals surface area contributed by atoms with Crippen LogP contribution in [0.1, 0.15) is 28.1 Å². The van der Waals surface area contributed by atoms with E-state index in [1.54, 1.807) is 0 Å². The number of hydrogen-bond acceptors (Lipinski definition) is 3. The quantitative estimate of drug-likeness (QED) is 0.292. The third-order valence-corrected chi connectivity index (χ3v) is 3.30. The highest BCUT2D eigenvalue weighted by atomic mass is 32.1. The lowest BCUT2D eigenvalue weighted by molar-refractivity contribution is 0.834. The van der Waals surface area contributed by atoms with Crippen molar-refractivity contribution in [3.63, 3.8) is 0 Å². The Bertz CT molecular complexity index is 471. The van der Waals surface area contributed by atoms with E-state index in [-0.39, 0.29) is 10.3 Å². The number of nitrogens with zero attached hydrogens (tertiary/aromatic N) is 1. The second-order valence-corrected chi connectivity index (χ2v) is 5.16. The molecular formula is C12H19N5S2. The van der Waals surface area contributed by atoms with E-state index in [1.807, 2.05) is 20.8 Å². The molecule has 1 rings (SSSR count). The minimum Gasteiger partial charge on any atom is -0.361 e. The van der Waals surface area contributed by atoms with Crippen LogP contribution in [0.5, 0.6) is 0 Å². The molecule has 0 aliphatic rings. The van der Waals surface area contributed by atoms with Gasteiger partial charge in [-0.3, -0.25) is 15.8 Å². The van der Waals surface area contributed by atoms with Gasteiger partial charge in [0.25, 0.3) is 0 Å². The summed E-state index contributed by atoms with van der Waals surface area (Å²) < 4.78 is 0. The Kier molecular flexibility index (Phi) is 5.68. The van der Waals surface area contributed by atoms with Gasteiger partial charge in [0.05, 0.1) is 0 Å². The highest BCUT2D eigenvalue weighted by molar-refractivity contribution is 7.96. The van der Waals surface area contributed by atoms with Crippen molar-refractivity contribution in [3.05, 3.63) is 28.1 Å². The molecule has 0 aromatic carbocycles. The molecule has 0 unspecified atom stereocenters. The molecule has 1 heterocycles. The largest absolute Gasteiger partial charge is 0.361 e. The molecule has 4 N–H and O–H groups in total. The van der Waals surface area contributed by atoms with Crippen LogP contribution in [0.25, 0.3) is 0 Å². The van der Waals surface area contributed by atoms with Gasteiger partial charge in [-0.15, -0.1) is 25.3 Å². The molecule has 0 saturated heterocycles. The first kappa shape index (κ1) is 15.8. The van der Waals surface area contributed by atoms with E-state index in [0.717, 1.165) is 28.1 Å². The molecule has 1 aromatic rings. The van der Waals surface area contributed by atoms with Crippen LogP contribution in [-0.2, 0) is 13.1 Å². The highest BCUT2D eigenvalue weighted by Crippen LogP contribution is 2.19. The van der Waals surface area contributed by atoms with Gasteiger partial charge in [-0.2, -0.15) is 0 Å². The maximum absolute atomic E-state index is 7.30. The zero-order chi connectivity index (χ0) is 14.6. The minimum absolute atomic E-state index is 0.135. The van der Waals surface area contributed by atoms with Crippen LogP contribution in [0.4, 0.5) is 0 Å². The van der Waals surface area contributed by atoms with Crippen LogP contribution < -0.4 is 10.6 Å². The van der Waals surface area contributed by atoms with Crippen LogP contribution in [0.15, 0.2) is 0 Å². The SMILES string of the molecule is Cc1nc(C)c(CNC(=N)S)c(C)c1CNC(=N)S. The zero-order valence-electron chi connectivity index (χ0n) is 11.3. The van der Waals surface area contributed by atoms with Crippen molar-refractivity contribution < 1.29 is 0 Å². The summed E-state index contributed by atoms with van der Waals surface area (Å²) in [4.78, 5) is 4.52. The van der Waals surface area contributed by atoms with E-state index < -0.39 is 0 Å². The van der Waals surface area contributed by atoms with E-state index >= 15 is 0 Å². The number of hydrogen-bond donors (Lipinski definition) is 6. The standard InChI is InChI=1S/C12H19N5S2/c1-6-9(4-15-11(13)18)7(2)17-8(3)10(6)5-16-12(14)19/h4-5H2,1-3H3,(H3,13,15,18)(H3,14,16,19). The van der Waals surface area contributed by atoms with E-state index in [0.29, 0.717) is 13.1 Å². The molecule has 0 amide bonds. The predicted octanol–water partition coefficient (Wildman–Crippen LogP) is 1.92. The topological polar surface area (TPSA) is 84.7 Å². The van der Waals surface area contributed by atoms with Crippen molar-refractivity contribution in [3.8, 4) is 0 Å². The molecule has 0 spiro atoms. The number of amidine groups is 2. The summed E-state index contributed by atoms with van der Waals surface area (Å²) in [5.74, 6) is 0. The first-order chi connectivity index (χ1) is 8.82. The number of rotatable bonds is 4. The van der Waals surface area contributed by atoms with Crippen LogP contribution in [-0.4, -0.2) is 15.3 Å². The highest BCUT2D eigenvalue weighted by Gasteiger charge is 2.12. The van der Waals surface area contributed by atoms with E-state index in [2.05, 4.69) is 40.9 Å². The zero-order valence-corrected chi connectivity index (χ0v) is 13.0. The Hall–Kier alpha value is -1.21. The van der Waals surface area contributed by atoms with Crippen LogP contribution >= 0.6 is 25.3 Å². The summed E-state index contributed by atoms with van der Waals surface area (Å²) in [5, 5.41) is 20.6.